The summed E-state index contributed by atoms with van der Waals surface area (Å²) in [4.78, 5) is 4.64. The van der Waals surface area contributed by atoms with Crippen molar-refractivity contribution in [1.82, 2.24) is 14.8 Å². The van der Waals surface area contributed by atoms with E-state index in [1.807, 2.05) is 48.8 Å². The normalized spacial score (nSPS) is 10.4. The fourth-order valence-corrected chi connectivity index (χ4v) is 2.05. The van der Waals surface area contributed by atoms with Crippen LogP contribution in [0.4, 0.5) is 0 Å². The van der Waals surface area contributed by atoms with E-state index in [-0.39, 0.29) is 0 Å². The van der Waals surface area contributed by atoms with Gasteiger partial charge in [-0.1, -0.05) is 42.5 Å². The van der Waals surface area contributed by atoms with Crippen molar-refractivity contribution in [3.63, 3.8) is 0 Å². The second kappa shape index (κ2) is 5.22. The van der Waals surface area contributed by atoms with E-state index in [0.29, 0.717) is 10.8 Å². The van der Waals surface area contributed by atoms with Crippen LogP contribution in [0.25, 0.3) is 16.9 Å². The number of benzene rings is 1. The van der Waals surface area contributed by atoms with Crippen LogP contribution in [0.3, 0.4) is 0 Å². The van der Waals surface area contributed by atoms with Crippen molar-refractivity contribution in [3.05, 3.63) is 66.6 Å². The number of hydrogen-bond donors (Lipinski definition) is 1. The molecule has 3 rings (SSSR count). The first-order valence-corrected chi connectivity index (χ1v) is 6.51. The van der Waals surface area contributed by atoms with E-state index < -0.39 is 0 Å². The first-order chi connectivity index (χ1) is 9.74. The Hall–Kier alpha value is -2.53. The zero-order valence-corrected chi connectivity index (χ0v) is 11.4. The maximum Gasteiger partial charge on any atom is 0.153 e. The third-order valence-electron chi connectivity index (χ3n) is 2.95. The minimum Gasteiger partial charge on any atom is -0.389 e. The van der Waals surface area contributed by atoms with Gasteiger partial charge in [0.1, 0.15) is 4.99 Å². The second-order valence-corrected chi connectivity index (χ2v) is 4.75. The summed E-state index contributed by atoms with van der Waals surface area (Å²) in [5, 5.41) is 4.33. The third-order valence-corrected chi connectivity index (χ3v) is 3.19. The average Bonchev–Trinajstić information content (AvgIpc) is 2.98. The number of nitrogens with zero attached hydrogens (tertiary/aromatic N) is 3. The summed E-state index contributed by atoms with van der Waals surface area (Å²) >= 11 is 4.97. The number of nitrogens with two attached hydrogens (primary N) is 1. The van der Waals surface area contributed by atoms with Crippen LogP contribution in [0.15, 0.2) is 61.1 Å². The zero-order chi connectivity index (χ0) is 13.9. The molecule has 0 aliphatic carbocycles. The van der Waals surface area contributed by atoms with Crippen molar-refractivity contribution in [2.75, 3.05) is 0 Å². The average molecular weight is 280 g/mol. The minimum atomic E-state index is 0.351. The third kappa shape index (κ3) is 2.44. The van der Waals surface area contributed by atoms with E-state index in [2.05, 4.69) is 10.1 Å². The first kappa shape index (κ1) is 12.5. The maximum absolute atomic E-state index is 5.63. The molecule has 0 spiro atoms. The molecule has 0 saturated carbocycles. The van der Waals surface area contributed by atoms with E-state index in [0.717, 1.165) is 16.7 Å². The molecule has 0 atom stereocenters. The second-order valence-electron chi connectivity index (χ2n) is 4.31. The van der Waals surface area contributed by atoms with Gasteiger partial charge in [-0.25, -0.2) is 9.67 Å². The SMILES string of the molecule is NC(=S)c1ccnc(-n2cc(-c3ccccc3)cn2)c1. The quantitative estimate of drug-likeness (QED) is 0.749. The van der Waals surface area contributed by atoms with Crippen LogP contribution in [0.5, 0.6) is 0 Å². The molecule has 0 fully saturated rings. The van der Waals surface area contributed by atoms with Crippen LogP contribution in [0.2, 0.25) is 0 Å². The molecular weight excluding hydrogens is 268 g/mol. The lowest BCUT2D eigenvalue weighted by Crippen LogP contribution is -2.10. The molecule has 5 heteroatoms. The predicted molar refractivity (Wildman–Crippen MR) is 82.7 cm³/mol. The number of aromatic nitrogens is 3. The van der Waals surface area contributed by atoms with Gasteiger partial charge in [0.15, 0.2) is 5.82 Å². The first-order valence-electron chi connectivity index (χ1n) is 6.10. The lowest BCUT2D eigenvalue weighted by Gasteiger charge is -2.02. The summed E-state index contributed by atoms with van der Waals surface area (Å²) < 4.78 is 1.71. The monoisotopic (exact) mass is 280 g/mol. The highest BCUT2D eigenvalue weighted by atomic mass is 32.1. The number of rotatable bonds is 3. The largest absolute Gasteiger partial charge is 0.389 e. The Labute approximate surface area is 121 Å². The standard InChI is InChI=1S/C15H12N4S/c16-15(20)12-6-7-17-14(8-12)19-10-13(9-18-19)11-4-2-1-3-5-11/h1-10H,(H2,16,20). The van der Waals surface area contributed by atoms with Gasteiger partial charge in [0.25, 0.3) is 0 Å². The minimum absolute atomic E-state index is 0.351. The number of hydrogen-bond acceptors (Lipinski definition) is 3. The van der Waals surface area contributed by atoms with Gasteiger partial charge < -0.3 is 5.73 Å². The van der Waals surface area contributed by atoms with Crippen molar-refractivity contribution in [2.45, 2.75) is 0 Å². The molecule has 2 N–H and O–H groups in total. The van der Waals surface area contributed by atoms with Crippen LogP contribution < -0.4 is 5.73 Å². The molecule has 0 saturated heterocycles. The van der Waals surface area contributed by atoms with Crippen LogP contribution >= 0.6 is 12.2 Å². The lowest BCUT2D eigenvalue weighted by atomic mass is 10.1. The summed E-state index contributed by atoms with van der Waals surface area (Å²) in [6.07, 6.45) is 5.42. The van der Waals surface area contributed by atoms with Crippen LogP contribution in [0.1, 0.15) is 5.56 Å². The Kier molecular flexibility index (Phi) is 3.26. The van der Waals surface area contributed by atoms with E-state index >= 15 is 0 Å². The molecule has 20 heavy (non-hydrogen) atoms. The Morgan fingerprint density at radius 1 is 1.10 bits per heavy atom. The van der Waals surface area contributed by atoms with Gasteiger partial charge in [0.05, 0.1) is 6.20 Å². The van der Waals surface area contributed by atoms with Crippen LogP contribution in [-0.4, -0.2) is 19.8 Å². The van der Waals surface area contributed by atoms with Crippen molar-refractivity contribution in [1.29, 1.82) is 0 Å². The molecule has 1 aromatic carbocycles. The summed E-state index contributed by atoms with van der Waals surface area (Å²) in [6.45, 7) is 0. The molecule has 0 radical (unpaired) electrons. The Morgan fingerprint density at radius 2 is 1.90 bits per heavy atom. The van der Waals surface area contributed by atoms with Crippen molar-refractivity contribution in [3.8, 4) is 16.9 Å². The van der Waals surface area contributed by atoms with Crippen molar-refractivity contribution in [2.24, 2.45) is 5.73 Å². The van der Waals surface area contributed by atoms with E-state index in [9.17, 15) is 0 Å². The van der Waals surface area contributed by atoms with Gasteiger partial charge in [0, 0.05) is 23.5 Å². The molecule has 98 valence electrons. The summed E-state index contributed by atoms with van der Waals surface area (Å²) in [5.41, 5.74) is 8.56. The van der Waals surface area contributed by atoms with Crippen molar-refractivity contribution < 1.29 is 0 Å². The van der Waals surface area contributed by atoms with Crippen LogP contribution in [0, 0.1) is 0 Å². The van der Waals surface area contributed by atoms with Gasteiger partial charge >= 0.3 is 0 Å². The Balaban J connectivity index is 1.98. The maximum atomic E-state index is 5.63. The van der Waals surface area contributed by atoms with Crippen molar-refractivity contribution >= 4 is 17.2 Å². The summed E-state index contributed by atoms with van der Waals surface area (Å²) in [6, 6.07) is 13.7. The Morgan fingerprint density at radius 3 is 2.65 bits per heavy atom. The lowest BCUT2D eigenvalue weighted by molar-refractivity contribution is 0.846. The highest BCUT2D eigenvalue weighted by Crippen LogP contribution is 2.19. The molecule has 0 unspecified atom stereocenters. The van der Waals surface area contributed by atoms with E-state index in [1.54, 1.807) is 16.9 Å². The molecule has 0 aliphatic rings. The van der Waals surface area contributed by atoms with Gasteiger partial charge in [-0.05, 0) is 17.7 Å². The number of thiocarbonyl (C=S) groups is 1. The van der Waals surface area contributed by atoms with E-state index in [4.69, 9.17) is 18.0 Å². The molecule has 2 heterocycles. The molecule has 0 amide bonds. The van der Waals surface area contributed by atoms with Gasteiger partial charge in [-0.2, -0.15) is 5.10 Å². The predicted octanol–water partition coefficient (Wildman–Crippen LogP) is 2.57. The van der Waals surface area contributed by atoms with Gasteiger partial charge in [-0.3, -0.25) is 0 Å². The smallest absolute Gasteiger partial charge is 0.153 e. The fourth-order valence-electron chi connectivity index (χ4n) is 1.92. The molecule has 3 aromatic rings. The molecule has 0 aliphatic heterocycles. The number of pyridine rings is 1. The highest BCUT2D eigenvalue weighted by molar-refractivity contribution is 7.80. The zero-order valence-electron chi connectivity index (χ0n) is 10.6. The van der Waals surface area contributed by atoms with Gasteiger partial charge in [0.2, 0.25) is 0 Å². The summed E-state index contributed by atoms with van der Waals surface area (Å²) in [7, 11) is 0. The Bertz CT molecular complexity index is 749. The topological polar surface area (TPSA) is 56.7 Å². The molecule has 4 nitrogen and oxygen atoms in total. The van der Waals surface area contributed by atoms with Gasteiger partial charge in [-0.15, -0.1) is 0 Å². The highest BCUT2D eigenvalue weighted by Gasteiger charge is 2.05. The molecular formula is C15H12N4S. The van der Waals surface area contributed by atoms with E-state index in [1.165, 1.54) is 0 Å². The molecule has 0 bridgehead atoms. The molecule has 2 aromatic heterocycles. The summed E-state index contributed by atoms with van der Waals surface area (Å²) in [5.74, 6) is 0.692. The fraction of sp³-hybridized carbons (Fsp3) is 0. The van der Waals surface area contributed by atoms with Crippen LogP contribution in [-0.2, 0) is 0 Å².